The van der Waals surface area contributed by atoms with Gasteiger partial charge in [-0.15, -0.1) is 5.10 Å². The molecule has 0 radical (unpaired) electrons. The number of aromatic nitrogens is 3. The van der Waals surface area contributed by atoms with Gasteiger partial charge >= 0.3 is 0 Å². The van der Waals surface area contributed by atoms with Gasteiger partial charge in [0.25, 0.3) is 5.91 Å². The zero-order valence-corrected chi connectivity index (χ0v) is 11.4. The maximum Gasteiger partial charge on any atom is 0.274 e. The highest BCUT2D eigenvalue weighted by molar-refractivity contribution is 5.92. The molecule has 1 atom stereocenters. The number of nitrogens with zero attached hydrogens (tertiary/aromatic N) is 3. The fraction of sp³-hybridized carbons (Fsp3) is 0.357. The maximum atomic E-state index is 12.2. The van der Waals surface area contributed by atoms with Crippen LogP contribution in [0.4, 0.5) is 0 Å². The van der Waals surface area contributed by atoms with E-state index in [1.807, 2.05) is 30.3 Å². The fourth-order valence-electron chi connectivity index (χ4n) is 2.17. The van der Waals surface area contributed by atoms with Crippen molar-refractivity contribution in [2.75, 3.05) is 19.7 Å². The van der Waals surface area contributed by atoms with Crippen molar-refractivity contribution in [3.8, 4) is 0 Å². The normalized spacial score (nSPS) is 16.2. The van der Waals surface area contributed by atoms with Crippen LogP contribution in [-0.2, 0) is 0 Å². The Labute approximate surface area is 122 Å². The summed E-state index contributed by atoms with van der Waals surface area (Å²) >= 11 is 0. The Morgan fingerprint density at radius 3 is 2.81 bits per heavy atom. The van der Waals surface area contributed by atoms with Gasteiger partial charge in [-0.05, 0) is 5.56 Å². The molecule has 1 unspecified atom stereocenters. The summed E-state index contributed by atoms with van der Waals surface area (Å²) in [6, 6.07) is 9.15. The van der Waals surface area contributed by atoms with Crippen molar-refractivity contribution in [2.24, 2.45) is 0 Å². The Morgan fingerprint density at radius 2 is 2.19 bits per heavy atom. The van der Waals surface area contributed by atoms with Gasteiger partial charge in [-0.3, -0.25) is 4.79 Å². The Hall–Kier alpha value is -2.25. The lowest BCUT2D eigenvalue weighted by Crippen LogP contribution is -2.43. The Morgan fingerprint density at radius 1 is 1.43 bits per heavy atom. The molecule has 1 fully saturated rings. The van der Waals surface area contributed by atoms with E-state index < -0.39 is 6.04 Å². The number of aliphatic hydroxyl groups excluding tert-OH is 1. The molecule has 2 heterocycles. The summed E-state index contributed by atoms with van der Waals surface area (Å²) in [5.74, 6) is -0.337. The lowest BCUT2D eigenvalue weighted by atomic mass is 10.1. The van der Waals surface area contributed by atoms with Gasteiger partial charge in [0.1, 0.15) is 0 Å². The molecule has 2 aromatic rings. The standard InChI is InChI=1S/C14H17N5O2/c20-9-13(10-4-2-1-3-5-10)16-14(21)12-8-19(18-17-12)11-6-15-7-11/h1-5,8,11,13,15,20H,6-7,9H2,(H,16,21). The second kappa shape index (κ2) is 6.02. The van der Waals surface area contributed by atoms with Crippen LogP contribution in [0, 0.1) is 0 Å². The van der Waals surface area contributed by atoms with Crippen LogP contribution in [0.2, 0.25) is 0 Å². The molecule has 3 N–H and O–H groups in total. The van der Waals surface area contributed by atoms with E-state index in [0.29, 0.717) is 0 Å². The zero-order chi connectivity index (χ0) is 14.7. The molecule has 1 aliphatic rings. The van der Waals surface area contributed by atoms with E-state index in [1.165, 1.54) is 0 Å². The van der Waals surface area contributed by atoms with Crippen LogP contribution in [0.15, 0.2) is 36.5 Å². The summed E-state index contributed by atoms with van der Waals surface area (Å²) in [4.78, 5) is 12.2. The molecule has 3 rings (SSSR count). The summed E-state index contributed by atoms with van der Waals surface area (Å²) in [5.41, 5.74) is 1.11. The van der Waals surface area contributed by atoms with Crippen molar-refractivity contribution in [3.63, 3.8) is 0 Å². The first-order valence-electron chi connectivity index (χ1n) is 6.87. The number of carbonyl (C=O) groups is 1. The first kappa shape index (κ1) is 13.7. The van der Waals surface area contributed by atoms with E-state index in [9.17, 15) is 9.90 Å². The molecule has 21 heavy (non-hydrogen) atoms. The van der Waals surface area contributed by atoms with E-state index in [1.54, 1.807) is 10.9 Å². The van der Waals surface area contributed by atoms with E-state index in [-0.39, 0.29) is 24.2 Å². The molecule has 0 aliphatic carbocycles. The van der Waals surface area contributed by atoms with Crippen molar-refractivity contribution in [3.05, 3.63) is 47.8 Å². The third-order valence-corrected chi connectivity index (χ3v) is 3.57. The molecular weight excluding hydrogens is 270 g/mol. The molecule has 0 bridgehead atoms. The Bertz CT molecular complexity index is 609. The molecule has 7 nitrogen and oxygen atoms in total. The molecule has 0 saturated carbocycles. The molecule has 1 amide bonds. The van der Waals surface area contributed by atoms with Crippen molar-refractivity contribution in [1.82, 2.24) is 25.6 Å². The summed E-state index contributed by atoms with van der Waals surface area (Å²) in [7, 11) is 0. The van der Waals surface area contributed by atoms with E-state index >= 15 is 0 Å². The van der Waals surface area contributed by atoms with Gasteiger partial charge in [0, 0.05) is 13.1 Å². The minimum Gasteiger partial charge on any atom is -0.394 e. The van der Waals surface area contributed by atoms with Gasteiger partial charge in [-0.1, -0.05) is 35.5 Å². The second-order valence-corrected chi connectivity index (χ2v) is 5.02. The number of amides is 1. The highest BCUT2D eigenvalue weighted by Crippen LogP contribution is 2.13. The van der Waals surface area contributed by atoms with Crippen molar-refractivity contribution < 1.29 is 9.90 Å². The third kappa shape index (κ3) is 2.93. The van der Waals surface area contributed by atoms with Gasteiger partial charge in [0.2, 0.25) is 0 Å². The summed E-state index contributed by atoms with van der Waals surface area (Å²) in [6.07, 6.45) is 1.64. The Balaban J connectivity index is 1.68. The topological polar surface area (TPSA) is 92.1 Å². The number of aliphatic hydroxyl groups is 1. The van der Waals surface area contributed by atoms with Gasteiger partial charge < -0.3 is 15.7 Å². The number of hydrogen-bond donors (Lipinski definition) is 3. The van der Waals surface area contributed by atoms with Crippen LogP contribution in [-0.4, -0.2) is 45.7 Å². The van der Waals surface area contributed by atoms with Gasteiger partial charge in [0.05, 0.1) is 24.9 Å². The highest BCUT2D eigenvalue weighted by atomic mass is 16.3. The van der Waals surface area contributed by atoms with Gasteiger partial charge in [-0.25, -0.2) is 4.68 Å². The number of nitrogens with one attached hydrogen (secondary N) is 2. The molecule has 1 aromatic carbocycles. The fourth-order valence-corrected chi connectivity index (χ4v) is 2.17. The molecule has 1 saturated heterocycles. The van der Waals surface area contributed by atoms with Crippen LogP contribution in [0.1, 0.15) is 28.1 Å². The number of carbonyl (C=O) groups excluding carboxylic acids is 1. The van der Waals surface area contributed by atoms with Crippen LogP contribution >= 0.6 is 0 Å². The average molecular weight is 287 g/mol. The van der Waals surface area contributed by atoms with Crippen LogP contribution in [0.25, 0.3) is 0 Å². The second-order valence-electron chi connectivity index (χ2n) is 5.02. The minimum absolute atomic E-state index is 0.170. The zero-order valence-electron chi connectivity index (χ0n) is 11.4. The van der Waals surface area contributed by atoms with Gasteiger partial charge in [-0.2, -0.15) is 0 Å². The summed E-state index contributed by atoms with van der Waals surface area (Å²) in [5, 5.41) is 23.2. The van der Waals surface area contributed by atoms with E-state index in [0.717, 1.165) is 18.7 Å². The van der Waals surface area contributed by atoms with Crippen molar-refractivity contribution in [2.45, 2.75) is 12.1 Å². The van der Waals surface area contributed by atoms with E-state index in [4.69, 9.17) is 0 Å². The smallest absolute Gasteiger partial charge is 0.274 e. The largest absolute Gasteiger partial charge is 0.394 e. The molecule has 1 aliphatic heterocycles. The lowest BCUT2D eigenvalue weighted by molar-refractivity contribution is 0.0911. The average Bonchev–Trinajstić information content (AvgIpc) is 2.93. The molecular formula is C14H17N5O2. The SMILES string of the molecule is O=C(NC(CO)c1ccccc1)c1cn(C2CNC2)nn1. The number of benzene rings is 1. The monoisotopic (exact) mass is 287 g/mol. The molecule has 1 aromatic heterocycles. The quantitative estimate of drug-likeness (QED) is 0.713. The minimum atomic E-state index is -0.450. The maximum absolute atomic E-state index is 12.2. The first-order chi connectivity index (χ1) is 10.3. The summed E-state index contributed by atoms with van der Waals surface area (Å²) < 4.78 is 1.70. The van der Waals surface area contributed by atoms with E-state index in [2.05, 4.69) is 20.9 Å². The summed E-state index contributed by atoms with van der Waals surface area (Å²) in [6.45, 7) is 1.51. The van der Waals surface area contributed by atoms with Gasteiger partial charge in [0.15, 0.2) is 5.69 Å². The van der Waals surface area contributed by atoms with Crippen molar-refractivity contribution in [1.29, 1.82) is 0 Å². The predicted octanol–water partition coefficient (Wildman–Crippen LogP) is -0.114. The molecule has 7 heteroatoms. The molecule has 0 spiro atoms. The third-order valence-electron chi connectivity index (χ3n) is 3.57. The van der Waals surface area contributed by atoms with Crippen LogP contribution in [0.5, 0.6) is 0 Å². The highest BCUT2D eigenvalue weighted by Gasteiger charge is 2.22. The molecule has 110 valence electrons. The van der Waals surface area contributed by atoms with Crippen molar-refractivity contribution >= 4 is 5.91 Å². The lowest BCUT2D eigenvalue weighted by Gasteiger charge is -2.26. The number of rotatable bonds is 5. The predicted molar refractivity (Wildman–Crippen MR) is 75.7 cm³/mol. The number of hydrogen-bond acceptors (Lipinski definition) is 5. The van der Waals surface area contributed by atoms with Crippen LogP contribution in [0.3, 0.4) is 0 Å². The Kier molecular flexibility index (Phi) is 3.94. The van der Waals surface area contributed by atoms with Crippen LogP contribution < -0.4 is 10.6 Å². The first-order valence-corrected chi connectivity index (χ1v) is 6.87.